The van der Waals surface area contributed by atoms with Crippen LogP contribution in [0.3, 0.4) is 0 Å². The van der Waals surface area contributed by atoms with E-state index in [0.29, 0.717) is 5.92 Å². The predicted molar refractivity (Wildman–Crippen MR) is 106 cm³/mol. The standard InChI is InChI=1S/C20H26N4S/c1-15(13-25)17-7-5-16(6-8-17)12-24(14-20(2,3)4)19-9-10-22-18(11-21)23-19/h5-10,15,25H,12-14H2,1-4H3. The highest BCUT2D eigenvalue weighted by atomic mass is 32.1. The Bertz CT molecular complexity index is 729. The molecule has 1 unspecified atom stereocenters. The summed E-state index contributed by atoms with van der Waals surface area (Å²) in [6.07, 6.45) is 1.65. The Kier molecular flexibility index (Phi) is 6.44. The van der Waals surface area contributed by atoms with Gasteiger partial charge in [0.1, 0.15) is 11.9 Å². The molecule has 2 rings (SSSR count). The number of nitrogens with zero attached hydrogens (tertiary/aromatic N) is 4. The largest absolute Gasteiger partial charge is 0.352 e. The maximum absolute atomic E-state index is 9.07. The predicted octanol–water partition coefficient (Wildman–Crippen LogP) is 4.43. The van der Waals surface area contributed by atoms with Gasteiger partial charge in [0.25, 0.3) is 0 Å². The average Bonchev–Trinajstić information content (AvgIpc) is 2.60. The fourth-order valence-electron chi connectivity index (χ4n) is 2.65. The number of hydrogen-bond donors (Lipinski definition) is 1. The van der Waals surface area contributed by atoms with E-state index in [4.69, 9.17) is 5.26 Å². The van der Waals surface area contributed by atoms with Gasteiger partial charge in [-0.3, -0.25) is 0 Å². The first kappa shape index (κ1) is 19.3. The third-order valence-electron chi connectivity index (χ3n) is 3.93. The molecule has 5 heteroatoms. The molecule has 132 valence electrons. The van der Waals surface area contributed by atoms with Crippen molar-refractivity contribution in [3.8, 4) is 6.07 Å². The third-order valence-corrected chi connectivity index (χ3v) is 4.47. The molecule has 0 bridgehead atoms. The number of anilines is 1. The average molecular weight is 355 g/mol. The summed E-state index contributed by atoms with van der Waals surface area (Å²) < 4.78 is 0. The lowest BCUT2D eigenvalue weighted by Crippen LogP contribution is -2.33. The van der Waals surface area contributed by atoms with E-state index >= 15 is 0 Å². The lowest BCUT2D eigenvalue weighted by atomic mass is 9.95. The number of benzene rings is 1. The summed E-state index contributed by atoms with van der Waals surface area (Å²) in [4.78, 5) is 10.6. The monoisotopic (exact) mass is 354 g/mol. The van der Waals surface area contributed by atoms with E-state index in [1.54, 1.807) is 6.20 Å². The lowest BCUT2D eigenvalue weighted by molar-refractivity contribution is 0.407. The maximum Gasteiger partial charge on any atom is 0.234 e. The molecule has 1 atom stereocenters. The number of rotatable bonds is 6. The van der Waals surface area contributed by atoms with Crippen molar-refractivity contribution in [2.75, 3.05) is 17.2 Å². The van der Waals surface area contributed by atoms with Crippen molar-refractivity contribution in [1.82, 2.24) is 9.97 Å². The van der Waals surface area contributed by atoms with Crippen LogP contribution in [0.15, 0.2) is 36.5 Å². The Morgan fingerprint density at radius 3 is 2.44 bits per heavy atom. The van der Waals surface area contributed by atoms with Crippen LogP contribution in [0.4, 0.5) is 5.82 Å². The van der Waals surface area contributed by atoms with E-state index in [9.17, 15) is 0 Å². The van der Waals surface area contributed by atoms with Crippen molar-refractivity contribution >= 4 is 18.4 Å². The van der Waals surface area contributed by atoms with Crippen LogP contribution in [0.2, 0.25) is 0 Å². The molecule has 0 aliphatic rings. The molecule has 1 aromatic heterocycles. The topological polar surface area (TPSA) is 52.8 Å². The van der Waals surface area contributed by atoms with Gasteiger partial charge in [-0.05, 0) is 34.3 Å². The maximum atomic E-state index is 9.07. The Labute approximate surface area is 156 Å². The summed E-state index contributed by atoms with van der Waals surface area (Å²) in [7, 11) is 0. The SMILES string of the molecule is CC(CS)c1ccc(CN(CC(C)(C)C)c2ccnc(C#N)n2)cc1. The van der Waals surface area contributed by atoms with Crippen LogP contribution in [-0.4, -0.2) is 22.3 Å². The Hall–Kier alpha value is -2.06. The first-order valence-corrected chi connectivity index (χ1v) is 9.13. The van der Waals surface area contributed by atoms with Gasteiger partial charge in [-0.15, -0.1) is 0 Å². The van der Waals surface area contributed by atoms with Crippen LogP contribution < -0.4 is 4.90 Å². The number of thiol groups is 1. The van der Waals surface area contributed by atoms with Crippen LogP contribution in [0, 0.1) is 16.7 Å². The van der Waals surface area contributed by atoms with Crippen molar-refractivity contribution in [1.29, 1.82) is 5.26 Å². The van der Waals surface area contributed by atoms with Crippen molar-refractivity contribution < 1.29 is 0 Å². The zero-order valence-electron chi connectivity index (χ0n) is 15.4. The molecule has 0 fully saturated rings. The minimum atomic E-state index is 0.109. The van der Waals surface area contributed by atoms with Crippen molar-refractivity contribution in [3.63, 3.8) is 0 Å². The molecular formula is C20H26N4S. The van der Waals surface area contributed by atoms with E-state index in [2.05, 4.69) is 79.5 Å². The highest BCUT2D eigenvalue weighted by Gasteiger charge is 2.19. The molecular weight excluding hydrogens is 328 g/mol. The van der Waals surface area contributed by atoms with Gasteiger partial charge >= 0.3 is 0 Å². The zero-order chi connectivity index (χ0) is 18.4. The molecule has 0 saturated carbocycles. The van der Waals surface area contributed by atoms with Gasteiger partial charge < -0.3 is 4.90 Å². The Morgan fingerprint density at radius 2 is 1.88 bits per heavy atom. The van der Waals surface area contributed by atoms with Crippen molar-refractivity contribution in [2.24, 2.45) is 5.41 Å². The van der Waals surface area contributed by atoms with Gasteiger partial charge in [0, 0.05) is 19.3 Å². The normalized spacial score (nSPS) is 12.5. The van der Waals surface area contributed by atoms with Gasteiger partial charge in [0.15, 0.2) is 0 Å². The molecule has 0 aliphatic carbocycles. The summed E-state index contributed by atoms with van der Waals surface area (Å²) >= 11 is 4.37. The molecule has 2 aromatic rings. The summed E-state index contributed by atoms with van der Waals surface area (Å²) in [6, 6.07) is 12.6. The minimum absolute atomic E-state index is 0.109. The second-order valence-corrected chi connectivity index (χ2v) is 7.96. The highest BCUT2D eigenvalue weighted by Crippen LogP contribution is 2.23. The minimum Gasteiger partial charge on any atom is -0.352 e. The molecule has 0 N–H and O–H groups in total. The first-order chi connectivity index (χ1) is 11.8. The zero-order valence-corrected chi connectivity index (χ0v) is 16.3. The Balaban J connectivity index is 2.25. The van der Waals surface area contributed by atoms with Crippen LogP contribution in [-0.2, 0) is 6.54 Å². The summed E-state index contributed by atoms with van der Waals surface area (Å²) in [6.45, 7) is 10.4. The van der Waals surface area contributed by atoms with Crippen molar-refractivity contribution in [2.45, 2.75) is 40.2 Å². The molecule has 1 aromatic carbocycles. The van der Waals surface area contributed by atoms with Crippen LogP contribution in [0.25, 0.3) is 0 Å². The summed E-state index contributed by atoms with van der Waals surface area (Å²) in [5.74, 6) is 2.28. The number of hydrogen-bond acceptors (Lipinski definition) is 5. The van der Waals surface area contributed by atoms with Crippen LogP contribution in [0.1, 0.15) is 50.6 Å². The summed E-state index contributed by atoms with van der Waals surface area (Å²) in [5, 5.41) is 9.07. The number of nitriles is 1. The van der Waals surface area contributed by atoms with E-state index < -0.39 is 0 Å². The van der Waals surface area contributed by atoms with Gasteiger partial charge in [-0.1, -0.05) is 52.0 Å². The van der Waals surface area contributed by atoms with Gasteiger partial charge in [0.05, 0.1) is 0 Å². The fraction of sp³-hybridized carbons (Fsp3) is 0.450. The van der Waals surface area contributed by atoms with Crippen molar-refractivity contribution in [3.05, 3.63) is 53.5 Å². The van der Waals surface area contributed by atoms with E-state index in [0.717, 1.165) is 24.7 Å². The molecule has 0 aliphatic heterocycles. The molecule has 25 heavy (non-hydrogen) atoms. The molecule has 0 amide bonds. The second kappa shape index (κ2) is 8.35. The van der Waals surface area contributed by atoms with Gasteiger partial charge in [-0.2, -0.15) is 17.9 Å². The smallest absolute Gasteiger partial charge is 0.234 e. The van der Waals surface area contributed by atoms with Crippen LogP contribution >= 0.6 is 12.6 Å². The Morgan fingerprint density at radius 1 is 1.20 bits per heavy atom. The fourth-order valence-corrected chi connectivity index (χ4v) is 2.86. The van der Waals surface area contributed by atoms with E-state index in [-0.39, 0.29) is 11.2 Å². The first-order valence-electron chi connectivity index (χ1n) is 8.50. The van der Waals surface area contributed by atoms with Gasteiger partial charge in [-0.25, -0.2) is 9.97 Å². The van der Waals surface area contributed by atoms with Crippen LogP contribution in [0.5, 0.6) is 0 Å². The quantitative estimate of drug-likeness (QED) is 0.780. The second-order valence-electron chi connectivity index (χ2n) is 7.59. The molecule has 0 spiro atoms. The van der Waals surface area contributed by atoms with E-state index in [1.807, 2.05) is 12.1 Å². The summed E-state index contributed by atoms with van der Waals surface area (Å²) in [5.41, 5.74) is 2.63. The van der Waals surface area contributed by atoms with E-state index in [1.165, 1.54) is 11.1 Å². The lowest BCUT2D eigenvalue weighted by Gasteiger charge is -2.31. The molecule has 0 radical (unpaired) electrons. The highest BCUT2D eigenvalue weighted by molar-refractivity contribution is 7.80. The molecule has 4 nitrogen and oxygen atoms in total. The third kappa shape index (κ3) is 5.75. The molecule has 0 saturated heterocycles. The molecule has 1 heterocycles. The van der Waals surface area contributed by atoms with Gasteiger partial charge in [0.2, 0.25) is 5.82 Å². The number of aromatic nitrogens is 2.